The number of carboxylic acids is 1. The number of carbonyl (C=O) groups is 2. The van der Waals surface area contributed by atoms with Gasteiger partial charge in [0.15, 0.2) is 22.6 Å². The number of nitrogens with zero attached hydrogens (tertiary/aromatic N) is 1. The van der Waals surface area contributed by atoms with Gasteiger partial charge < -0.3 is 14.2 Å². The van der Waals surface area contributed by atoms with Crippen molar-refractivity contribution in [2.45, 2.75) is 30.7 Å². The van der Waals surface area contributed by atoms with Gasteiger partial charge in [0.2, 0.25) is 5.69 Å². The summed E-state index contributed by atoms with van der Waals surface area (Å²) in [6, 6.07) is 2.12. The molecule has 3 rings (SSSR count). The molecule has 1 unspecified atom stereocenters. The predicted molar refractivity (Wildman–Crippen MR) is 84.8 cm³/mol. The highest BCUT2D eigenvalue weighted by Gasteiger charge is 2.38. The van der Waals surface area contributed by atoms with Crippen LogP contribution in [0.5, 0.6) is 0 Å². The Bertz CT molecular complexity index is 948. The van der Waals surface area contributed by atoms with Gasteiger partial charge in [-0.3, -0.25) is 4.79 Å². The van der Waals surface area contributed by atoms with Gasteiger partial charge in [0.1, 0.15) is 5.56 Å². The number of hydrogen-bond acceptors (Lipinski definition) is 5. The minimum absolute atomic E-state index is 0.0633. The molecule has 144 valence electrons. The van der Waals surface area contributed by atoms with E-state index >= 15 is 0 Å². The third kappa shape index (κ3) is 3.93. The highest BCUT2D eigenvalue weighted by Crippen LogP contribution is 2.43. The van der Waals surface area contributed by atoms with Crippen LogP contribution in [0.1, 0.15) is 62.1 Å². The zero-order valence-electron chi connectivity index (χ0n) is 13.4. The average Bonchev–Trinajstić information content (AvgIpc) is 3.30. The second-order valence-electron chi connectivity index (χ2n) is 6.01. The Morgan fingerprint density at radius 1 is 1.30 bits per heavy atom. The lowest BCUT2D eigenvalue weighted by atomic mass is 9.95. The number of benzene rings is 1. The standard InChI is InChI=1S/C16H12F3NO6S/c17-16(18,19)9-3-4-10(8(5-9)6-27(24)25)13(21)11-12(15(22)23)20-26-14(11)7-1-2-7/h3-5,7H,1-2,6H2,(H,22,23)(H,24,25). The summed E-state index contributed by atoms with van der Waals surface area (Å²) >= 11 is -2.52. The largest absolute Gasteiger partial charge is 0.476 e. The van der Waals surface area contributed by atoms with E-state index in [9.17, 15) is 32.1 Å². The number of aromatic carboxylic acids is 1. The van der Waals surface area contributed by atoms with Crippen molar-refractivity contribution in [3.05, 3.63) is 51.9 Å². The zero-order chi connectivity index (χ0) is 19.9. The highest BCUT2D eigenvalue weighted by atomic mass is 32.2. The SMILES string of the molecule is O=C(O)c1noc(C2CC2)c1C(=O)c1ccc(C(F)(F)F)cc1CS(=O)O. The fraction of sp³-hybridized carbons (Fsp3) is 0.312. The van der Waals surface area contributed by atoms with E-state index in [-0.39, 0.29) is 28.4 Å². The second-order valence-corrected chi connectivity index (χ2v) is 6.95. The summed E-state index contributed by atoms with van der Waals surface area (Å²) in [4.78, 5) is 24.3. The molecule has 1 heterocycles. The van der Waals surface area contributed by atoms with Crippen molar-refractivity contribution < 1.29 is 41.2 Å². The van der Waals surface area contributed by atoms with Crippen molar-refractivity contribution in [1.82, 2.24) is 5.16 Å². The maximum Gasteiger partial charge on any atom is 0.416 e. The van der Waals surface area contributed by atoms with Gasteiger partial charge >= 0.3 is 12.1 Å². The Hall–Kier alpha value is -2.53. The number of ketones is 1. The van der Waals surface area contributed by atoms with E-state index in [1.807, 2.05) is 0 Å². The van der Waals surface area contributed by atoms with Gasteiger partial charge in [0.05, 0.1) is 11.3 Å². The number of alkyl halides is 3. The van der Waals surface area contributed by atoms with E-state index in [0.717, 1.165) is 6.07 Å². The quantitative estimate of drug-likeness (QED) is 0.562. The smallest absolute Gasteiger partial charge is 0.416 e. The number of halogens is 3. The number of hydrogen-bond donors (Lipinski definition) is 2. The van der Waals surface area contributed by atoms with Gasteiger partial charge in [-0.1, -0.05) is 11.2 Å². The summed E-state index contributed by atoms with van der Waals surface area (Å²) in [6.07, 6.45) is -3.39. The minimum atomic E-state index is -4.71. The molecule has 1 atom stereocenters. The Kier molecular flexibility index (Phi) is 4.91. The molecule has 27 heavy (non-hydrogen) atoms. The van der Waals surface area contributed by atoms with E-state index < -0.39 is 46.0 Å². The normalized spacial score (nSPS) is 15.6. The van der Waals surface area contributed by atoms with Crippen molar-refractivity contribution >= 4 is 22.8 Å². The highest BCUT2D eigenvalue weighted by molar-refractivity contribution is 7.78. The van der Waals surface area contributed by atoms with E-state index in [4.69, 9.17) is 9.08 Å². The summed E-state index contributed by atoms with van der Waals surface area (Å²) in [5, 5.41) is 12.6. The summed E-state index contributed by atoms with van der Waals surface area (Å²) in [5.74, 6) is -3.28. The van der Waals surface area contributed by atoms with E-state index in [1.165, 1.54) is 0 Å². The topological polar surface area (TPSA) is 118 Å². The predicted octanol–water partition coefficient (Wildman–Crippen LogP) is 3.22. The third-order valence-electron chi connectivity index (χ3n) is 4.05. The first kappa shape index (κ1) is 19.2. The van der Waals surface area contributed by atoms with Gasteiger partial charge in [-0.05, 0) is 30.5 Å². The van der Waals surface area contributed by atoms with Crippen molar-refractivity contribution in [1.29, 1.82) is 0 Å². The number of carboxylic acid groups (broad SMARTS) is 1. The molecule has 1 aromatic carbocycles. The molecule has 1 aromatic heterocycles. The van der Waals surface area contributed by atoms with Crippen LogP contribution in [0.2, 0.25) is 0 Å². The lowest BCUT2D eigenvalue weighted by molar-refractivity contribution is -0.137. The summed E-state index contributed by atoms with van der Waals surface area (Å²) in [7, 11) is 0. The van der Waals surface area contributed by atoms with Crippen LogP contribution in [0.25, 0.3) is 0 Å². The summed E-state index contributed by atoms with van der Waals surface area (Å²) in [6.45, 7) is 0. The molecular weight excluding hydrogens is 391 g/mol. The van der Waals surface area contributed by atoms with Crippen LogP contribution < -0.4 is 0 Å². The lowest BCUT2D eigenvalue weighted by Gasteiger charge is -2.12. The molecule has 0 amide bonds. The third-order valence-corrected chi connectivity index (χ3v) is 4.61. The van der Waals surface area contributed by atoms with Crippen LogP contribution in [0.4, 0.5) is 13.2 Å². The summed E-state index contributed by atoms with van der Waals surface area (Å²) in [5.41, 5.74) is -2.70. The van der Waals surface area contributed by atoms with Gasteiger partial charge in [0.25, 0.3) is 0 Å². The fourth-order valence-electron chi connectivity index (χ4n) is 2.67. The molecule has 7 nitrogen and oxygen atoms in total. The van der Waals surface area contributed by atoms with E-state index in [0.29, 0.717) is 25.0 Å². The molecule has 0 spiro atoms. The Balaban J connectivity index is 2.13. The average molecular weight is 403 g/mol. The Labute approximate surface area is 152 Å². The molecular formula is C16H12F3NO6S. The second kappa shape index (κ2) is 6.89. The van der Waals surface area contributed by atoms with Crippen LogP contribution in [-0.2, 0) is 23.0 Å². The number of rotatable bonds is 6. The molecule has 0 saturated heterocycles. The fourth-order valence-corrected chi connectivity index (χ4v) is 3.18. The molecule has 2 aromatic rings. The van der Waals surface area contributed by atoms with Crippen LogP contribution in [0.3, 0.4) is 0 Å². The van der Waals surface area contributed by atoms with Crippen LogP contribution in [0.15, 0.2) is 22.7 Å². The molecule has 0 aliphatic heterocycles. The molecule has 1 aliphatic carbocycles. The van der Waals surface area contributed by atoms with Gasteiger partial charge in [-0.2, -0.15) is 13.2 Å². The monoisotopic (exact) mass is 403 g/mol. The molecule has 2 N–H and O–H groups in total. The Morgan fingerprint density at radius 3 is 2.48 bits per heavy atom. The summed E-state index contributed by atoms with van der Waals surface area (Å²) < 4.78 is 64.0. The molecule has 11 heteroatoms. The van der Waals surface area contributed by atoms with E-state index in [2.05, 4.69) is 5.16 Å². The van der Waals surface area contributed by atoms with Gasteiger partial charge in [0, 0.05) is 11.5 Å². The molecule has 0 bridgehead atoms. The molecule has 0 radical (unpaired) electrons. The van der Waals surface area contributed by atoms with Crippen molar-refractivity contribution in [3.63, 3.8) is 0 Å². The van der Waals surface area contributed by atoms with Crippen molar-refractivity contribution in [2.75, 3.05) is 0 Å². The molecule has 1 fully saturated rings. The van der Waals surface area contributed by atoms with Gasteiger partial charge in [-0.25, -0.2) is 9.00 Å². The van der Waals surface area contributed by atoms with Crippen molar-refractivity contribution in [2.24, 2.45) is 0 Å². The molecule has 1 aliphatic rings. The van der Waals surface area contributed by atoms with E-state index in [1.54, 1.807) is 0 Å². The zero-order valence-corrected chi connectivity index (χ0v) is 14.3. The van der Waals surface area contributed by atoms with Crippen LogP contribution in [-0.4, -0.2) is 30.8 Å². The van der Waals surface area contributed by atoms with Crippen molar-refractivity contribution in [3.8, 4) is 0 Å². The maximum absolute atomic E-state index is 12.9. The Morgan fingerprint density at radius 2 is 1.96 bits per heavy atom. The van der Waals surface area contributed by atoms with Crippen LogP contribution in [0, 0.1) is 0 Å². The first-order valence-electron chi connectivity index (χ1n) is 7.64. The van der Waals surface area contributed by atoms with Gasteiger partial charge in [-0.15, -0.1) is 0 Å². The van der Waals surface area contributed by atoms with Crippen LogP contribution >= 0.6 is 0 Å². The first-order chi connectivity index (χ1) is 12.6. The number of aromatic nitrogens is 1. The maximum atomic E-state index is 12.9. The lowest BCUT2D eigenvalue weighted by Crippen LogP contribution is -2.14. The molecule has 1 saturated carbocycles. The number of carbonyl (C=O) groups excluding carboxylic acids is 1. The minimum Gasteiger partial charge on any atom is -0.476 e. The first-order valence-corrected chi connectivity index (χ1v) is 8.92.